The maximum absolute atomic E-state index is 14.1. The predicted molar refractivity (Wildman–Crippen MR) is 130 cm³/mol. The first-order valence-corrected chi connectivity index (χ1v) is 13.3. The summed E-state index contributed by atoms with van der Waals surface area (Å²) in [6, 6.07) is 0. The zero-order chi connectivity index (χ0) is 25.6. The van der Waals surface area contributed by atoms with Crippen molar-refractivity contribution in [3.63, 3.8) is 0 Å². The van der Waals surface area contributed by atoms with Gasteiger partial charge in [0, 0.05) is 45.1 Å². The second-order valence-electron chi connectivity index (χ2n) is 13.3. The van der Waals surface area contributed by atoms with Crippen LogP contribution in [-0.2, 0) is 23.9 Å². The second kappa shape index (κ2) is 6.32. The average Bonchev–Trinajstić information content (AvgIpc) is 3.46. The van der Waals surface area contributed by atoms with E-state index in [9.17, 15) is 19.5 Å². The topological polar surface area (TPSA) is 89.9 Å². The molecule has 6 nitrogen and oxygen atoms in total. The number of esters is 2. The van der Waals surface area contributed by atoms with E-state index in [0.717, 1.165) is 11.1 Å². The molecule has 7 rings (SSSR count). The van der Waals surface area contributed by atoms with Gasteiger partial charge in [-0.2, -0.15) is 0 Å². The lowest BCUT2D eigenvalue weighted by molar-refractivity contribution is -0.154. The summed E-state index contributed by atoms with van der Waals surface area (Å²) in [6.07, 6.45) is 9.88. The van der Waals surface area contributed by atoms with Gasteiger partial charge in [-0.3, -0.25) is 9.59 Å². The quantitative estimate of drug-likeness (QED) is 0.314. The highest BCUT2D eigenvalue weighted by atomic mass is 16.6. The molecule has 0 aromatic heterocycles. The molecule has 0 aromatic rings. The molecule has 4 fully saturated rings. The Bertz CT molecular complexity index is 1270. The number of allylic oxidation sites excluding steroid dienone is 5. The Morgan fingerprint density at radius 2 is 1.83 bits per heavy atom. The van der Waals surface area contributed by atoms with Crippen molar-refractivity contribution in [3.05, 3.63) is 47.6 Å². The molecule has 6 heteroatoms. The lowest BCUT2D eigenvalue weighted by atomic mass is 9.55. The highest BCUT2D eigenvalue weighted by Crippen LogP contribution is 2.80. The van der Waals surface area contributed by atoms with Gasteiger partial charge in [-0.1, -0.05) is 44.2 Å². The standard InChI is InChI=1S/C30H34O6/c1-15-12-18-20(13-26(3)8-7-19(31)21(15)26)35-25(33)30(18)14-29-11-10-27(30,4)23(29)22-17(6-9-28(29,5)34)16(2)24(32)36-22/h7-8,10-11,17-18,20,22-23,34H,2,6,9,12-14H2,1,3-5H3/t17-,18-,20+,22-,23-,26+,27+,28+,29-,30+/m0/s1. The number of hydrogen-bond donors (Lipinski definition) is 1. The number of ether oxygens (including phenoxy) is 2. The van der Waals surface area contributed by atoms with Gasteiger partial charge in [0.1, 0.15) is 12.2 Å². The van der Waals surface area contributed by atoms with Crippen LogP contribution in [0.4, 0.5) is 0 Å². The maximum Gasteiger partial charge on any atom is 0.334 e. The lowest BCUT2D eigenvalue weighted by Crippen LogP contribution is -2.49. The van der Waals surface area contributed by atoms with Gasteiger partial charge in [0.25, 0.3) is 0 Å². The molecule has 10 atom stereocenters. The molecule has 0 amide bonds. The summed E-state index contributed by atoms with van der Waals surface area (Å²) in [4.78, 5) is 39.6. The van der Waals surface area contributed by atoms with Gasteiger partial charge in [0.2, 0.25) is 0 Å². The van der Waals surface area contributed by atoms with E-state index >= 15 is 0 Å². The molecule has 2 heterocycles. The van der Waals surface area contributed by atoms with Gasteiger partial charge in [-0.25, -0.2) is 4.79 Å². The number of rotatable bonds is 0. The van der Waals surface area contributed by atoms with Crippen molar-refractivity contribution in [2.45, 2.75) is 77.6 Å². The summed E-state index contributed by atoms with van der Waals surface area (Å²) in [5, 5.41) is 12.0. The molecule has 2 aliphatic heterocycles. The van der Waals surface area contributed by atoms with Gasteiger partial charge in [-0.15, -0.1) is 0 Å². The number of carbonyl (C=O) groups excluding carboxylic acids is 3. The first-order chi connectivity index (χ1) is 16.8. The fourth-order valence-corrected chi connectivity index (χ4v) is 10.1. The Morgan fingerprint density at radius 3 is 2.58 bits per heavy atom. The molecular weight excluding hydrogens is 456 g/mol. The minimum absolute atomic E-state index is 0.0558. The summed E-state index contributed by atoms with van der Waals surface area (Å²) in [5.41, 5.74) is -1.45. The van der Waals surface area contributed by atoms with Crippen LogP contribution in [0.3, 0.4) is 0 Å². The molecule has 7 aliphatic rings. The minimum atomic E-state index is -1.08. The SMILES string of the molecule is C=C1C(=O)O[C@@H]2[C@@H]3[C@@]4(C=C[C@@]3(C)[C@@]3(C4)C(=O)O[C@@H]4C[C@@]5(C)C=CC(=O)C5=C(C)C[C@@H]43)[C@](C)(O)CC[C@@H]12. The smallest absolute Gasteiger partial charge is 0.334 e. The van der Waals surface area contributed by atoms with Gasteiger partial charge >= 0.3 is 11.9 Å². The van der Waals surface area contributed by atoms with Crippen LogP contribution in [0.15, 0.2) is 47.6 Å². The van der Waals surface area contributed by atoms with Crippen LogP contribution in [0, 0.1) is 39.4 Å². The molecule has 190 valence electrons. The highest BCUT2D eigenvalue weighted by molar-refractivity contribution is 6.08. The van der Waals surface area contributed by atoms with Crippen LogP contribution in [-0.4, -0.2) is 40.6 Å². The van der Waals surface area contributed by atoms with E-state index in [1.54, 1.807) is 6.08 Å². The molecule has 0 radical (unpaired) electrons. The van der Waals surface area contributed by atoms with E-state index in [0.29, 0.717) is 37.7 Å². The number of aliphatic hydroxyl groups is 1. The summed E-state index contributed by atoms with van der Waals surface area (Å²) >= 11 is 0. The monoisotopic (exact) mass is 490 g/mol. The van der Waals surface area contributed by atoms with Crippen LogP contribution in [0.2, 0.25) is 0 Å². The Kier molecular flexibility index (Phi) is 3.99. The Morgan fingerprint density at radius 1 is 1.08 bits per heavy atom. The van der Waals surface area contributed by atoms with Crippen molar-refractivity contribution in [2.75, 3.05) is 0 Å². The fraction of sp³-hybridized carbons (Fsp3) is 0.633. The third kappa shape index (κ3) is 2.20. The van der Waals surface area contributed by atoms with Crippen LogP contribution in [0.25, 0.3) is 0 Å². The normalized spacial score (nSPS) is 54.3. The summed E-state index contributed by atoms with van der Waals surface area (Å²) < 4.78 is 12.3. The van der Waals surface area contributed by atoms with Gasteiger partial charge < -0.3 is 14.6 Å². The lowest BCUT2D eigenvalue weighted by Gasteiger charge is -2.44. The van der Waals surface area contributed by atoms with Crippen LogP contribution < -0.4 is 0 Å². The first-order valence-electron chi connectivity index (χ1n) is 13.3. The van der Waals surface area contributed by atoms with E-state index in [1.807, 2.05) is 19.9 Å². The Balaban J connectivity index is 1.41. The zero-order valence-corrected chi connectivity index (χ0v) is 21.4. The fourth-order valence-electron chi connectivity index (χ4n) is 10.1. The van der Waals surface area contributed by atoms with Gasteiger partial charge in [0.15, 0.2) is 5.78 Å². The Hall–Kier alpha value is -2.47. The van der Waals surface area contributed by atoms with E-state index in [4.69, 9.17) is 9.47 Å². The van der Waals surface area contributed by atoms with E-state index in [2.05, 4.69) is 32.6 Å². The molecule has 0 aromatic carbocycles. The molecule has 0 unspecified atom stereocenters. The minimum Gasteiger partial charge on any atom is -0.462 e. The summed E-state index contributed by atoms with van der Waals surface area (Å²) in [6.45, 7) is 12.1. The van der Waals surface area contributed by atoms with Crippen LogP contribution in [0.1, 0.15) is 59.8 Å². The van der Waals surface area contributed by atoms with Crippen molar-refractivity contribution in [3.8, 4) is 0 Å². The average molecular weight is 491 g/mol. The largest absolute Gasteiger partial charge is 0.462 e. The number of ketones is 1. The van der Waals surface area contributed by atoms with Crippen molar-refractivity contribution >= 4 is 17.7 Å². The third-order valence-corrected chi connectivity index (χ3v) is 11.8. The molecule has 5 aliphatic carbocycles. The van der Waals surface area contributed by atoms with E-state index in [1.165, 1.54) is 0 Å². The van der Waals surface area contributed by atoms with E-state index in [-0.39, 0.29) is 41.6 Å². The number of fused-ring (bicyclic) bond motifs is 5. The molecule has 1 N–H and O–H groups in total. The molecule has 2 bridgehead atoms. The highest BCUT2D eigenvalue weighted by Gasteiger charge is 2.83. The summed E-state index contributed by atoms with van der Waals surface area (Å²) in [5.74, 6) is -1.07. The first kappa shape index (κ1) is 22.7. The van der Waals surface area contributed by atoms with E-state index < -0.39 is 33.4 Å². The number of carbonyl (C=O) groups is 3. The van der Waals surface area contributed by atoms with Gasteiger partial charge in [0.05, 0.1) is 11.0 Å². The second-order valence-corrected chi connectivity index (χ2v) is 13.3. The van der Waals surface area contributed by atoms with Crippen LogP contribution in [0.5, 0.6) is 0 Å². The van der Waals surface area contributed by atoms with Gasteiger partial charge in [-0.05, 0) is 52.0 Å². The van der Waals surface area contributed by atoms with Crippen LogP contribution >= 0.6 is 0 Å². The predicted octanol–water partition coefficient (Wildman–Crippen LogP) is 3.99. The van der Waals surface area contributed by atoms with Crippen molar-refractivity contribution in [2.24, 2.45) is 39.4 Å². The number of hydrogen-bond acceptors (Lipinski definition) is 6. The maximum atomic E-state index is 14.1. The summed E-state index contributed by atoms with van der Waals surface area (Å²) in [7, 11) is 0. The Labute approximate surface area is 211 Å². The van der Waals surface area contributed by atoms with Crippen molar-refractivity contribution in [1.82, 2.24) is 0 Å². The molecule has 1 spiro atoms. The van der Waals surface area contributed by atoms with Crippen molar-refractivity contribution in [1.29, 1.82) is 0 Å². The molecule has 36 heavy (non-hydrogen) atoms. The molecule has 2 saturated carbocycles. The molecular formula is C30H34O6. The molecule has 2 saturated heterocycles. The van der Waals surface area contributed by atoms with Crippen molar-refractivity contribution < 1.29 is 29.0 Å². The third-order valence-electron chi connectivity index (χ3n) is 11.8. The zero-order valence-electron chi connectivity index (χ0n) is 21.4.